The van der Waals surface area contributed by atoms with Crippen molar-refractivity contribution in [3.63, 3.8) is 0 Å². The van der Waals surface area contributed by atoms with Crippen molar-refractivity contribution in [2.24, 2.45) is 0 Å². The molecule has 1 rings (SSSR count). The van der Waals surface area contributed by atoms with Gasteiger partial charge in [0.25, 0.3) is 0 Å². The van der Waals surface area contributed by atoms with Crippen molar-refractivity contribution in [1.29, 1.82) is 0 Å². The van der Waals surface area contributed by atoms with Gasteiger partial charge < -0.3 is 15.3 Å². The van der Waals surface area contributed by atoms with Gasteiger partial charge in [-0.2, -0.15) is 0 Å². The van der Waals surface area contributed by atoms with Crippen LogP contribution in [0, 0.1) is 5.82 Å². The molecule has 2 N–H and O–H groups in total. The third-order valence-electron chi connectivity index (χ3n) is 2.58. The van der Waals surface area contributed by atoms with Crippen molar-refractivity contribution < 1.29 is 19.1 Å². The number of hydrogen-bond acceptors (Lipinski definition) is 2. The van der Waals surface area contributed by atoms with Crippen molar-refractivity contribution in [1.82, 2.24) is 4.90 Å². The molecule has 2 amide bonds. The lowest BCUT2D eigenvalue weighted by Crippen LogP contribution is -2.36. The predicted octanol–water partition coefficient (Wildman–Crippen LogP) is 2.95. The number of benzene rings is 1. The zero-order valence-electron chi connectivity index (χ0n) is 11.4. The van der Waals surface area contributed by atoms with Crippen LogP contribution in [0.5, 0.6) is 0 Å². The Balaban J connectivity index is 2.91. The summed E-state index contributed by atoms with van der Waals surface area (Å²) in [5.74, 6) is -1.87. The van der Waals surface area contributed by atoms with E-state index in [4.69, 9.17) is 5.11 Å². The van der Waals surface area contributed by atoms with E-state index in [1.165, 1.54) is 4.90 Å². The van der Waals surface area contributed by atoms with Gasteiger partial charge in [-0.3, -0.25) is 0 Å². The number of carbonyl (C=O) groups excluding carboxylic acids is 1. The van der Waals surface area contributed by atoms with Crippen molar-refractivity contribution in [2.45, 2.75) is 13.8 Å². The highest BCUT2D eigenvalue weighted by molar-refractivity contribution is 5.93. The van der Waals surface area contributed by atoms with Crippen molar-refractivity contribution >= 4 is 17.7 Å². The number of likely N-dealkylation sites (N-methyl/N-ethyl adjacent to an activating group) is 1. The lowest BCUT2D eigenvalue weighted by atomic mass is 10.2. The predicted molar refractivity (Wildman–Crippen MR) is 74.4 cm³/mol. The summed E-state index contributed by atoms with van der Waals surface area (Å²) in [7, 11) is 0. The maximum atomic E-state index is 13.6. The van der Waals surface area contributed by atoms with Crippen LogP contribution < -0.4 is 5.32 Å². The second-order valence-corrected chi connectivity index (χ2v) is 4.40. The summed E-state index contributed by atoms with van der Waals surface area (Å²) in [5, 5.41) is 11.2. The Morgan fingerprint density at radius 1 is 1.45 bits per heavy atom. The Morgan fingerprint density at radius 3 is 2.60 bits per heavy atom. The molecule has 0 bridgehead atoms. The highest BCUT2D eigenvalue weighted by atomic mass is 19.1. The average molecular weight is 280 g/mol. The molecule has 0 aliphatic carbocycles. The number of hydrogen-bond donors (Lipinski definition) is 2. The molecule has 0 saturated heterocycles. The van der Waals surface area contributed by atoms with Crippen LogP contribution in [0.25, 0.3) is 0 Å². The Bertz CT molecular complexity index is 543. The van der Waals surface area contributed by atoms with E-state index in [9.17, 15) is 14.0 Å². The maximum absolute atomic E-state index is 13.6. The van der Waals surface area contributed by atoms with E-state index in [0.717, 1.165) is 23.8 Å². The summed E-state index contributed by atoms with van der Waals surface area (Å²) < 4.78 is 13.6. The highest BCUT2D eigenvalue weighted by Crippen LogP contribution is 2.17. The van der Waals surface area contributed by atoms with Crippen LogP contribution in [0.3, 0.4) is 0 Å². The molecule has 20 heavy (non-hydrogen) atoms. The fraction of sp³-hybridized carbons (Fsp3) is 0.286. The number of carbonyl (C=O) groups is 2. The maximum Gasteiger partial charge on any atom is 0.335 e. The molecule has 0 aromatic heterocycles. The van der Waals surface area contributed by atoms with E-state index in [2.05, 4.69) is 11.9 Å². The summed E-state index contributed by atoms with van der Waals surface area (Å²) >= 11 is 0. The molecule has 0 fully saturated rings. The van der Waals surface area contributed by atoms with Gasteiger partial charge in [0.05, 0.1) is 11.3 Å². The van der Waals surface area contributed by atoms with Crippen LogP contribution in [0.1, 0.15) is 24.2 Å². The largest absolute Gasteiger partial charge is 0.478 e. The van der Waals surface area contributed by atoms with Crippen LogP contribution >= 0.6 is 0 Å². The lowest BCUT2D eigenvalue weighted by molar-refractivity contribution is 0.0697. The van der Waals surface area contributed by atoms with Gasteiger partial charge in [-0.1, -0.05) is 12.2 Å². The van der Waals surface area contributed by atoms with Crippen molar-refractivity contribution in [2.75, 3.05) is 18.4 Å². The molecule has 1 aromatic rings. The minimum absolute atomic E-state index is 0.0929. The van der Waals surface area contributed by atoms with Gasteiger partial charge in [-0.25, -0.2) is 14.0 Å². The van der Waals surface area contributed by atoms with Crippen molar-refractivity contribution in [3.8, 4) is 0 Å². The molecule has 6 heteroatoms. The Morgan fingerprint density at radius 2 is 2.10 bits per heavy atom. The van der Waals surface area contributed by atoms with Crippen LogP contribution in [-0.4, -0.2) is 35.1 Å². The standard InChI is InChI=1S/C14H17FN2O3/c1-4-17(8-9(2)3)14(20)16-12-7-10(13(18)19)5-6-11(12)15/h5-7H,2,4,8H2,1,3H3,(H,16,20)(H,18,19). The van der Waals surface area contributed by atoms with Crippen LogP contribution in [-0.2, 0) is 0 Å². The van der Waals surface area contributed by atoms with Crippen LogP contribution in [0.2, 0.25) is 0 Å². The van der Waals surface area contributed by atoms with Gasteiger partial charge in [-0.15, -0.1) is 0 Å². The summed E-state index contributed by atoms with van der Waals surface area (Å²) in [6.07, 6.45) is 0. The molecule has 0 saturated carbocycles. The molecule has 108 valence electrons. The number of rotatable bonds is 5. The summed E-state index contributed by atoms with van der Waals surface area (Å²) in [5.41, 5.74) is 0.543. The second-order valence-electron chi connectivity index (χ2n) is 4.40. The first-order valence-electron chi connectivity index (χ1n) is 6.08. The first-order valence-corrected chi connectivity index (χ1v) is 6.08. The summed E-state index contributed by atoms with van der Waals surface area (Å²) in [6, 6.07) is 2.73. The quantitative estimate of drug-likeness (QED) is 0.815. The third-order valence-corrected chi connectivity index (χ3v) is 2.58. The average Bonchev–Trinajstić information content (AvgIpc) is 2.37. The number of carboxylic acid groups (broad SMARTS) is 1. The van der Waals surface area contributed by atoms with Crippen LogP contribution in [0.15, 0.2) is 30.4 Å². The van der Waals surface area contributed by atoms with E-state index in [1.807, 2.05) is 0 Å². The van der Waals surface area contributed by atoms with Gasteiger partial charge in [0.15, 0.2) is 0 Å². The molecule has 0 spiro atoms. The van der Waals surface area contributed by atoms with E-state index in [1.54, 1.807) is 13.8 Å². The zero-order valence-corrected chi connectivity index (χ0v) is 11.4. The lowest BCUT2D eigenvalue weighted by Gasteiger charge is -2.21. The zero-order chi connectivity index (χ0) is 15.3. The number of halogens is 1. The minimum Gasteiger partial charge on any atom is -0.478 e. The summed E-state index contributed by atoms with van der Waals surface area (Å²) in [4.78, 5) is 24.2. The summed E-state index contributed by atoms with van der Waals surface area (Å²) in [6.45, 7) is 8.06. The molecule has 0 aliphatic heterocycles. The number of anilines is 1. The van der Waals surface area contributed by atoms with E-state index in [0.29, 0.717) is 13.1 Å². The number of nitrogens with one attached hydrogen (secondary N) is 1. The van der Waals surface area contributed by atoms with E-state index < -0.39 is 17.8 Å². The third kappa shape index (κ3) is 4.08. The molecule has 0 radical (unpaired) electrons. The topological polar surface area (TPSA) is 69.6 Å². The Kier molecular flexibility index (Phi) is 5.25. The number of amides is 2. The first-order chi connectivity index (χ1) is 9.35. The molecule has 0 unspecified atom stereocenters. The molecule has 1 aromatic carbocycles. The van der Waals surface area contributed by atoms with Crippen molar-refractivity contribution in [3.05, 3.63) is 41.7 Å². The van der Waals surface area contributed by atoms with Crippen LogP contribution in [0.4, 0.5) is 14.9 Å². The number of carboxylic acids is 1. The molecular weight excluding hydrogens is 263 g/mol. The SMILES string of the molecule is C=C(C)CN(CC)C(=O)Nc1cc(C(=O)O)ccc1F. The monoisotopic (exact) mass is 280 g/mol. The number of aromatic carboxylic acids is 1. The fourth-order valence-corrected chi connectivity index (χ4v) is 1.60. The molecule has 5 nitrogen and oxygen atoms in total. The first kappa shape index (κ1) is 15.7. The Labute approximate surface area is 116 Å². The fourth-order valence-electron chi connectivity index (χ4n) is 1.60. The van der Waals surface area contributed by atoms with E-state index >= 15 is 0 Å². The molecule has 0 heterocycles. The number of urea groups is 1. The normalized spacial score (nSPS) is 9.95. The molecule has 0 atom stereocenters. The number of nitrogens with zero attached hydrogens (tertiary/aromatic N) is 1. The van der Waals surface area contributed by atoms with Gasteiger partial charge in [0.2, 0.25) is 0 Å². The van der Waals surface area contributed by atoms with Gasteiger partial charge in [-0.05, 0) is 32.0 Å². The smallest absolute Gasteiger partial charge is 0.335 e. The minimum atomic E-state index is -1.19. The van der Waals surface area contributed by atoms with E-state index in [-0.39, 0.29) is 11.3 Å². The Hall–Kier alpha value is -2.37. The second kappa shape index (κ2) is 6.70. The van der Waals surface area contributed by atoms with Gasteiger partial charge in [0, 0.05) is 13.1 Å². The van der Waals surface area contributed by atoms with Gasteiger partial charge in [0.1, 0.15) is 5.82 Å². The molecular formula is C14H17FN2O3. The van der Waals surface area contributed by atoms with Gasteiger partial charge >= 0.3 is 12.0 Å². The highest BCUT2D eigenvalue weighted by Gasteiger charge is 2.15. The molecule has 0 aliphatic rings.